The van der Waals surface area contributed by atoms with Gasteiger partial charge in [-0.2, -0.15) is 0 Å². The third-order valence-corrected chi connectivity index (χ3v) is 2.98. The van der Waals surface area contributed by atoms with Gasteiger partial charge in [-0.3, -0.25) is 4.79 Å². The minimum Gasteiger partial charge on any atom is -0.469 e. The number of hydrogen-bond acceptors (Lipinski definition) is 4. The summed E-state index contributed by atoms with van der Waals surface area (Å²) in [5.41, 5.74) is 0. The lowest BCUT2D eigenvalue weighted by molar-refractivity contribution is -0.140. The van der Waals surface area contributed by atoms with Crippen molar-refractivity contribution >= 4 is 5.97 Å². The molecule has 88 valence electrons. The summed E-state index contributed by atoms with van der Waals surface area (Å²) < 4.78 is 4.54. The van der Waals surface area contributed by atoms with Crippen LogP contribution < -0.4 is 5.32 Å². The largest absolute Gasteiger partial charge is 0.469 e. The molecule has 0 radical (unpaired) electrons. The lowest BCUT2D eigenvalue weighted by atomic mass is 9.87. The van der Waals surface area contributed by atoms with Gasteiger partial charge in [0.15, 0.2) is 0 Å². The first-order chi connectivity index (χ1) is 7.22. The molecule has 0 unspecified atom stereocenters. The second kappa shape index (κ2) is 6.80. The predicted octanol–water partition coefficient (Wildman–Crippen LogP) is 0.690. The third-order valence-electron chi connectivity index (χ3n) is 2.98. The molecule has 4 heteroatoms. The highest BCUT2D eigenvalue weighted by Crippen LogP contribution is 2.23. The molecule has 0 aromatic carbocycles. The maximum atomic E-state index is 10.8. The fourth-order valence-electron chi connectivity index (χ4n) is 1.95. The van der Waals surface area contributed by atoms with E-state index in [1.165, 1.54) is 7.11 Å². The van der Waals surface area contributed by atoms with Gasteiger partial charge in [-0.05, 0) is 38.1 Å². The summed E-state index contributed by atoms with van der Waals surface area (Å²) >= 11 is 0. The molecule has 4 nitrogen and oxygen atoms in total. The van der Waals surface area contributed by atoms with Crippen LogP contribution in [0.5, 0.6) is 0 Å². The molecule has 0 aromatic heterocycles. The number of ether oxygens (including phenoxy) is 1. The summed E-state index contributed by atoms with van der Waals surface area (Å²) in [4.78, 5) is 10.8. The summed E-state index contributed by atoms with van der Waals surface area (Å²) in [6.45, 7) is 1.63. The molecular formula is C11H21NO3. The second-order valence-corrected chi connectivity index (χ2v) is 4.20. The molecule has 2 N–H and O–H groups in total. The molecule has 0 amide bonds. The van der Waals surface area contributed by atoms with E-state index in [4.69, 9.17) is 0 Å². The van der Waals surface area contributed by atoms with Gasteiger partial charge in [-0.1, -0.05) is 0 Å². The molecular weight excluding hydrogens is 194 g/mol. The lowest BCUT2D eigenvalue weighted by Crippen LogP contribution is -2.29. The number of carbonyl (C=O) groups excluding carboxylic acids is 1. The van der Waals surface area contributed by atoms with E-state index in [1.807, 2.05) is 0 Å². The van der Waals surface area contributed by atoms with Gasteiger partial charge >= 0.3 is 5.97 Å². The molecule has 15 heavy (non-hydrogen) atoms. The molecule has 0 heterocycles. The van der Waals surface area contributed by atoms with Crippen LogP contribution in [-0.2, 0) is 9.53 Å². The Bertz CT molecular complexity index is 188. The maximum Gasteiger partial charge on any atom is 0.306 e. The van der Waals surface area contributed by atoms with Crippen molar-refractivity contribution in [2.75, 3.05) is 20.2 Å². The first kappa shape index (κ1) is 12.5. The van der Waals surface area contributed by atoms with Gasteiger partial charge < -0.3 is 15.2 Å². The van der Waals surface area contributed by atoms with Gasteiger partial charge in [0.25, 0.3) is 0 Å². The number of rotatable bonds is 5. The third kappa shape index (κ3) is 5.14. The van der Waals surface area contributed by atoms with E-state index in [2.05, 4.69) is 10.1 Å². The van der Waals surface area contributed by atoms with E-state index in [9.17, 15) is 9.90 Å². The van der Waals surface area contributed by atoms with Crippen LogP contribution in [0.15, 0.2) is 0 Å². The molecule has 0 bridgehead atoms. The van der Waals surface area contributed by atoms with E-state index in [0.717, 1.165) is 32.2 Å². The van der Waals surface area contributed by atoms with Gasteiger partial charge in [0, 0.05) is 6.54 Å². The molecule has 0 atom stereocenters. The summed E-state index contributed by atoms with van der Waals surface area (Å²) in [6.07, 6.45) is 4.37. The zero-order valence-electron chi connectivity index (χ0n) is 9.37. The Morgan fingerprint density at radius 3 is 2.67 bits per heavy atom. The van der Waals surface area contributed by atoms with Crippen molar-refractivity contribution in [1.82, 2.24) is 5.32 Å². The SMILES string of the molecule is COC(=O)CCNCC1CCC(O)CC1. The number of nitrogens with one attached hydrogen (secondary N) is 1. The molecule has 1 saturated carbocycles. The Morgan fingerprint density at radius 1 is 1.40 bits per heavy atom. The molecule has 0 saturated heterocycles. The Labute approximate surface area is 91.0 Å². The number of methoxy groups -OCH3 is 1. The zero-order chi connectivity index (χ0) is 11.1. The number of aliphatic hydroxyl groups is 1. The monoisotopic (exact) mass is 215 g/mol. The highest BCUT2D eigenvalue weighted by Gasteiger charge is 2.18. The second-order valence-electron chi connectivity index (χ2n) is 4.20. The number of carbonyl (C=O) groups is 1. The maximum absolute atomic E-state index is 10.8. The fraction of sp³-hybridized carbons (Fsp3) is 0.909. The van der Waals surface area contributed by atoms with Crippen LogP contribution >= 0.6 is 0 Å². The zero-order valence-corrected chi connectivity index (χ0v) is 9.37. The quantitative estimate of drug-likeness (QED) is 0.523. The minimum atomic E-state index is -0.165. The lowest BCUT2D eigenvalue weighted by Gasteiger charge is -2.25. The fourth-order valence-corrected chi connectivity index (χ4v) is 1.95. The van der Waals surface area contributed by atoms with E-state index in [-0.39, 0.29) is 12.1 Å². The van der Waals surface area contributed by atoms with Crippen LogP contribution in [0.3, 0.4) is 0 Å². The van der Waals surface area contributed by atoms with E-state index in [0.29, 0.717) is 18.9 Å². The number of hydrogen-bond donors (Lipinski definition) is 2. The van der Waals surface area contributed by atoms with E-state index in [1.54, 1.807) is 0 Å². The Kier molecular flexibility index (Phi) is 5.65. The average molecular weight is 215 g/mol. The van der Waals surface area contributed by atoms with Gasteiger partial charge in [0.1, 0.15) is 0 Å². The molecule has 1 fully saturated rings. The van der Waals surface area contributed by atoms with Crippen molar-refractivity contribution in [1.29, 1.82) is 0 Å². The van der Waals surface area contributed by atoms with Crippen LogP contribution in [0.25, 0.3) is 0 Å². The predicted molar refractivity (Wildman–Crippen MR) is 57.5 cm³/mol. The molecule has 1 rings (SSSR count). The van der Waals surface area contributed by atoms with Crippen molar-refractivity contribution in [3.63, 3.8) is 0 Å². The van der Waals surface area contributed by atoms with Gasteiger partial charge in [-0.25, -0.2) is 0 Å². The summed E-state index contributed by atoms with van der Waals surface area (Å²) in [5, 5.41) is 12.6. The topological polar surface area (TPSA) is 58.6 Å². The number of aliphatic hydroxyl groups excluding tert-OH is 1. The molecule has 1 aliphatic carbocycles. The van der Waals surface area contributed by atoms with Gasteiger partial charge in [0.05, 0.1) is 19.6 Å². The molecule has 0 spiro atoms. The first-order valence-electron chi connectivity index (χ1n) is 5.68. The van der Waals surface area contributed by atoms with Crippen LogP contribution in [0.4, 0.5) is 0 Å². The first-order valence-corrected chi connectivity index (χ1v) is 5.68. The number of esters is 1. The average Bonchev–Trinajstić information content (AvgIpc) is 2.26. The highest BCUT2D eigenvalue weighted by atomic mass is 16.5. The van der Waals surface area contributed by atoms with Crippen molar-refractivity contribution in [3.05, 3.63) is 0 Å². The Balaban J connectivity index is 1.98. The smallest absolute Gasteiger partial charge is 0.306 e. The van der Waals surface area contributed by atoms with Crippen LogP contribution in [0, 0.1) is 5.92 Å². The van der Waals surface area contributed by atoms with Crippen LogP contribution in [-0.4, -0.2) is 37.4 Å². The van der Waals surface area contributed by atoms with Gasteiger partial charge in [-0.15, -0.1) is 0 Å². The Morgan fingerprint density at radius 2 is 2.07 bits per heavy atom. The van der Waals surface area contributed by atoms with Crippen molar-refractivity contribution in [2.45, 2.75) is 38.2 Å². The van der Waals surface area contributed by atoms with Crippen molar-refractivity contribution < 1.29 is 14.6 Å². The van der Waals surface area contributed by atoms with Crippen molar-refractivity contribution in [2.24, 2.45) is 5.92 Å². The molecule has 1 aliphatic rings. The molecule has 0 aliphatic heterocycles. The van der Waals surface area contributed by atoms with Crippen molar-refractivity contribution in [3.8, 4) is 0 Å². The summed E-state index contributed by atoms with van der Waals surface area (Å²) in [7, 11) is 1.41. The van der Waals surface area contributed by atoms with Gasteiger partial charge in [0.2, 0.25) is 0 Å². The summed E-state index contributed by atoms with van der Waals surface area (Å²) in [6, 6.07) is 0. The standard InChI is InChI=1S/C11H21NO3/c1-15-11(14)6-7-12-8-9-2-4-10(13)5-3-9/h9-10,12-13H,2-8H2,1H3. The van der Waals surface area contributed by atoms with Crippen LogP contribution in [0.2, 0.25) is 0 Å². The van der Waals surface area contributed by atoms with E-state index < -0.39 is 0 Å². The normalized spacial score (nSPS) is 26.3. The highest BCUT2D eigenvalue weighted by molar-refractivity contribution is 5.69. The Hall–Kier alpha value is -0.610. The van der Waals surface area contributed by atoms with E-state index >= 15 is 0 Å². The van der Waals surface area contributed by atoms with Crippen LogP contribution in [0.1, 0.15) is 32.1 Å². The molecule has 0 aromatic rings. The minimum absolute atomic E-state index is 0.0867. The summed E-state index contributed by atoms with van der Waals surface area (Å²) in [5.74, 6) is 0.493.